The molecule has 2 aromatic carbocycles. The molecule has 1 amide bonds. The third-order valence-corrected chi connectivity index (χ3v) is 2.85. The van der Waals surface area contributed by atoms with E-state index >= 15 is 0 Å². The molecule has 0 unspecified atom stereocenters. The molecule has 0 atom stereocenters. The Bertz CT molecular complexity index is 740. The predicted molar refractivity (Wildman–Crippen MR) is 81.2 cm³/mol. The number of amides is 1. The van der Waals surface area contributed by atoms with E-state index in [0.717, 1.165) is 0 Å². The average Bonchev–Trinajstić information content (AvgIpc) is 2.48. The number of halogens is 1. The molecule has 4 nitrogen and oxygen atoms in total. The first-order chi connectivity index (χ1) is 10.1. The van der Waals surface area contributed by atoms with Crippen LogP contribution in [0.1, 0.15) is 15.9 Å². The van der Waals surface area contributed by atoms with Gasteiger partial charge in [0.2, 0.25) is 0 Å². The van der Waals surface area contributed by atoms with E-state index in [0.29, 0.717) is 11.3 Å². The molecule has 0 aliphatic heterocycles. The molecule has 104 valence electrons. The predicted octanol–water partition coefficient (Wildman–Crippen LogP) is 2.82. The van der Waals surface area contributed by atoms with Crippen molar-refractivity contribution in [3.05, 3.63) is 65.5 Å². The highest BCUT2D eigenvalue weighted by molar-refractivity contribution is 7.80. The number of carbonyl (C=O) groups excluding carboxylic acids is 1. The molecule has 0 aromatic heterocycles. The molecule has 0 fully saturated rings. The van der Waals surface area contributed by atoms with E-state index in [1.807, 2.05) is 6.07 Å². The van der Waals surface area contributed by atoms with Gasteiger partial charge in [-0.15, -0.1) is 0 Å². The van der Waals surface area contributed by atoms with Crippen LogP contribution in [0.3, 0.4) is 0 Å². The summed E-state index contributed by atoms with van der Waals surface area (Å²) in [4.78, 5) is 11.9. The standard InChI is InChI=1S/C15H10FN3OS/c16-12-7-3-2-6-11(12)14(20)19-15(21)18-13-8-4-1-5-10(13)9-17/h1-8H,(H2,18,19,20,21). The average molecular weight is 299 g/mol. The van der Waals surface area contributed by atoms with Crippen LogP contribution < -0.4 is 10.6 Å². The Labute approximate surface area is 126 Å². The molecule has 2 rings (SSSR count). The highest BCUT2D eigenvalue weighted by Gasteiger charge is 2.12. The second kappa shape index (κ2) is 6.59. The van der Waals surface area contributed by atoms with Crippen molar-refractivity contribution in [2.75, 3.05) is 5.32 Å². The zero-order valence-electron chi connectivity index (χ0n) is 10.8. The van der Waals surface area contributed by atoms with Crippen LogP contribution in [0.5, 0.6) is 0 Å². The first-order valence-electron chi connectivity index (χ1n) is 5.98. The number of hydrogen-bond acceptors (Lipinski definition) is 3. The van der Waals surface area contributed by atoms with Gasteiger partial charge in [-0.2, -0.15) is 5.26 Å². The van der Waals surface area contributed by atoms with E-state index < -0.39 is 11.7 Å². The summed E-state index contributed by atoms with van der Waals surface area (Å²) >= 11 is 4.99. The Balaban J connectivity index is 2.08. The van der Waals surface area contributed by atoms with Crippen LogP contribution in [0.4, 0.5) is 10.1 Å². The largest absolute Gasteiger partial charge is 0.331 e. The molecule has 2 aromatic rings. The van der Waals surface area contributed by atoms with Crippen molar-refractivity contribution in [1.29, 1.82) is 5.26 Å². The number of carbonyl (C=O) groups is 1. The molecule has 0 radical (unpaired) electrons. The molecule has 0 spiro atoms. The fourth-order valence-electron chi connectivity index (χ4n) is 1.66. The van der Waals surface area contributed by atoms with Gasteiger partial charge in [0.05, 0.1) is 16.8 Å². The summed E-state index contributed by atoms with van der Waals surface area (Å²) in [6, 6.07) is 14.3. The number of nitrogens with zero attached hydrogens (tertiary/aromatic N) is 1. The molecule has 0 saturated carbocycles. The summed E-state index contributed by atoms with van der Waals surface area (Å²) in [6.45, 7) is 0. The minimum absolute atomic E-state index is 0.00838. The molecule has 2 N–H and O–H groups in total. The summed E-state index contributed by atoms with van der Waals surface area (Å²) in [7, 11) is 0. The normalized spacial score (nSPS) is 9.52. The Morgan fingerprint density at radius 1 is 1.14 bits per heavy atom. The van der Waals surface area contributed by atoms with Gasteiger partial charge in [-0.1, -0.05) is 24.3 Å². The van der Waals surface area contributed by atoms with E-state index in [2.05, 4.69) is 10.6 Å². The maximum Gasteiger partial charge on any atom is 0.260 e. The molecule has 21 heavy (non-hydrogen) atoms. The summed E-state index contributed by atoms with van der Waals surface area (Å²) in [5.41, 5.74) is 0.758. The first kappa shape index (κ1) is 14.6. The van der Waals surface area contributed by atoms with Crippen LogP contribution >= 0.6 is 12.2 Å². The number of rotatable bonds is 2. The SMILES string of the molecule is N#Cc1ccccc1NC(=S)NC(=O)c1ccccc1F. The van der Waals surface area contributed by atoms with Gasteiger partial charge < -0.3 is 5.32 Å². The van der Waals surface area contributed by atoms with Gasteiger partial charge in [0.1, 0.15) is 11.9 Å². The fraction of sp³-hybridized carbons (Fsp3) is 0. The third-order valence-electron chi connectivity index (χ3n) is 2.64. The highest BCUT2D eigenvalue weighted by Crippen LogP contribution is 2.13. The minimum Gasteiger partial charge on any atom is -0.331 e. The second-order valence-electron chi connectivity index (χ2n) is 4.05. The zero-order valence-corrected chi connectivity index (χ0v) is 11.6. The Morgan fingerprint density at radius 3 is 2.52 bits per heavy atom. The third kappa shape index (κ3) is 3.61. The number of anilines is 1. The van der Waals surface area contributed by atoms with Gasteiger partial charge in [-0.05, 0) is 36.5 Å². The number of nitriles is 1. The number of hydrogen-bond donors (Lipinski definition) is 2. The molecular formula is C15H10FN3OS. The van der Waals surface area contributed by atoms with E-state index in [1.165, 1.54) is 18.2 Å². The smallest absolute Gasteiger partial charge is 0.260 e. The number of benzene rings is 2. The van der Waals surface area contributed by atoms with Crippen molar-refractivity contribution < 1.29 is 9.18 Å². The number of nitrogens with one attached hydrogen (secondary N) is 2. The molecule has 0 aliphatic carbocycles. The van der Waals surface area contributed by atoms with Crippen LogP contribution in [0.25, 0.3) is 0 Å². The van der Waals surface area contributed by atoms with Gasteiger partial charge in [0.25, 0.3) is 5.91 Å². The number of thiocarbonyl (C=S) groups is 1. The quantitative estimate of drug-likeness (QED) is 0.837. The van der Waals surface area contributed by atoms with Crippen LogP contribution in [0, 0.1) is 17.1 Å². The minimum atomic E-state index is -0.653. The van der Waals surface area contributed by atoms with Crippen molar-refractivity contribution in [2.24, 2.45) is 0 Å². The maximum absolute atomic E-state index is 13.5. The van der Waals surface area contributed by atoms with Crippen LogP contribution in [-0.2, 0) is 0 Å². The van der Waals surface area contributed by atoms with Gasteiger partial charge in [0.15, 0.2) is 5.11 Å². The topological polar surface area (TPSA) is 64.9 Å². The molecular weight excluding hydrogens is 289 g/mol. The molecule has 0 bridgehead atoms. The Kier molecular flexibility index (Phi) is 4.59. The van der Waals surface area contributed by atoms with Crippen LogP contribution in [-0.4, -0.2) is 11.0 Å². The number of para-hydroxylation sites is 1. The lowest BCUT2D eigenvalue weighted by atomic mass is 10.2. The van der Waals surface area contributed by atoms with E-state index in [-0.39, 0.29) is 10.7 Å². The Hall–Kier alpha value is -2.78. The zero-order chi connectivity index (χ0) is 15.2. The molecule has 6 heteroatoms. The lowest BCUT2D eigenvalue weighted by Crippen LogP contribution is -2.34. The van der Waals surface area contributed by atoms with Gasteiger partial charge in [-0.25, -0.2) is 4.39 Å². The highest BCUT2D eigenvalue weighted by atomic mass is 32.1. The van der Waals surface area contributed by atoms with E-state index in [1.54, 1.807) is 30.3 Å². The summed E-state index contributed by atoms with van der Waals surface area (Å²) in [5, 5.41) is 14.1. The van der Waals surface area contributed by atoms with Crippen molar-refractivity contribution in [3.63, 3.8) is 0 Å². The van der Waals surface area contributed by atoms with Crippen LogP contribution in [0.2, 0.25) is 0 Å². The van der Waals surface area contributed by atoms with E-state index in [4.69, 9.17) is 17.5 Å². The molecule has 0 aliphatic rings. The van der Waals surface area contributed by atoms with Crippen molar-refractivity contribution in [2.45, 2.75) is 0 Å². The lowest BCUT2D eigenvalue weighted by molar-refractivity contribution is 0.0974. The summed E-state index contributed by atoms with van der Waals surface area (Å²) in [5.74, 6) is -1.28. The van der Waals surface area contributed by atoms with Gasteiger partial charge in [0, 0.05) is 0 Å². The van der Waals surface area contributed by atoms with Crippen molar-refractivity contribution >= 4 is 28.9 Å². The second-order valence-corrected chi connectivity index (χ2v) is 4.45. The lowest BCUT2D eigenvalue weighted by Gasteiger charge is -2.10. The van der Waals surface area contributed by atoms with Crippen molar-refractivity contribution in [3.8, 4) is 6.07 Å². The van der Waals surface area contributed by atoms with Crippen LogP contribution in [0.15, 0.2) is 48.5 Å². The summed E-state index contributed by atoms with van der Waals surface area (Å²) in [6.07, 6.45) is 0. The molecule has 0 saturated heterocycles. The summed E-state index contributed by atoms with van der Waals surface area (Å²) < 4.78 is 13.5. The fourth-order valence-corrected chi connectivity index (χ4v) is 1.86. The van der Waals surface area contributed by atoms with Crippen molar-refractivity contribution in [1.82, 2.24) is 5.32 Å². The monoisotopic (exact) mass is 299 g/mol. The van der Waals surface area contributed by atoms with E-state index in [9.17, 15) is 9.18 Å². The van der Waals surface area contributed by atoms with Gasteiger partial charge in [-0.3, -0.25) is 10.1 Å². The van der Waals surface area contributed by atoms with Gasteiger partial charge >= 0.3 is 0 Å². The Morgan fingerprint density at radius 2 is 1.81 bits per heavy atom. The maximum atomic E-state index is 13.5. The molecule has 0 heterocycles. The first-order valence-corrected chi connectivity index (χ1v) is 6.38.